The molecule has 65 heavy (non-hydrogen) atoms. The summed E-state index contributed by atoms with van der Waals surface area (Å²) >= 11 is 7.00. The van der Waals surface area contributed by atoms with Crippen LogP contribution in [0, 0.1) is 0 Å². The van der Waals surface area contributed by atoms with E-state index in [1.54, 1.807) is 22.7 Å². The minimum absolute atomic E-state index is 0.00603. The van der Waals surface area contributed by atoms with Gasteiger partial charge in [0.15, 0.2) is 0 Å². The largest absolute Gasteiger partial charge is 0.460 e. The molecule has 0 fully saturated rings. The van der Waals surface area contributed by atoms with Crippen LogP contribution in [0.4, 0.5) is 0 Å². The molecule has 4 nitrogen and oxygen atoms in total. The lowest BCUT2D eigenvalue weighted by Gasteiger charge is -2.29. The predicted octanol–water partition coefficient (Wildman–Crippen LogP) is 17.8. The first-order valence-corrected chi connectivity index (χ1v) is 26.8. The molecule has 0 aliphatic rings. The van der Waals surface area contributed by atoms with Gasteiger partial charge in [0.05, 0.1) is 0 Å². The third-order valence-electron chi connectivity index (χ3n) is 11.6. The standard InChI is InChI=1S/C57H84O4S4/c1-50(2,3)34-32-62-36(44(34)52(7,8)9)25-27-38-46(54(13,14)15)48(56(19,20)21)40(64-38)30-60-42(58)29-43(59)61-31-41-49(57(22,23)24)47(55(16,17)18)39(65-41)28-26-37-45(53(10,11)12)35(33-63-37)51(4,5)6/h25-28,32-33H,29-31H2,1-24H3. The highest BCUT2D eigenvalue weighted by molar-refractivity contribution is 7.14. The third kappa shape index (κ3) is 13.3. The molecule has 4 heterocycles. The Morgan fingerprint density at radius 1 is 0.385 bits per heavy atom. The van der Waals surface area contributed by atoms with Gasteiger partial charge in [0.25, 0.3) is 0 Å². The molecule has 8 heteroatoms. The van der Waals surface area contributed by atoms with Crippen LogP contribution < -0.4 is 0 Å². The lowest BCUT2D eigenvalue weighted by Crippen LogP contribution is -2.23. The van der Waals surface area contributed by atoms with E-state index in [0.29, 0.717) is 0 Å². The summed E-state index contributed by atoms with van der Waals surface area (Å²) in [6.07, 6.45) is 8.67. The fourth-order valence-electron chi connectivity index (χ4n) is 8.97. The fraction of sp³-hybridized carbons (Fsp3) is 0.614. The van der Waals surface area contributed by atoms with Crippen LogP contribution >= 0.6 is 45.3 Å². The fourth-order valence-corrected chi connectivity index (χ4v) is 14.8. The zero-order valence-electron chi connectivity index (χ0n) is 44.9. The minimum atomic E-state index is -0.581. The number of hydrogen-bond acceptors (Lipinski definition) is 8. The van der Waals surface area contributed by atoms with Crippen LogP contribution in [0.5, 0.6) is 0 Å². The van der Waals surface area contributed by atoms with Gasteiger partial charge in [0.2, 0.25) is 0 Å². The Balaban J connectivity index is 1.62. The van der Waals surface area contributed by atoms with E-state index < -0.39 is 18.4 Å². The quantitative estimate of drug-likeness (QED) is 0.117. The number of esters is 2. The molecule has 4 aromatic heterocycles. The Labute approximate surface area is 411 Å². The van der Waals surface area contributed by atoms with Gasteiger partial charge < -0.3 is 9.47 Å². The van der Waals surface area contributed by atoms with E-state index in [-0.39, 0.29) is 56.5 Å². The van der Waals surface area contributed by atoms with Crippen molar-refractivity contribution in [2.24, 2.45) is 0 Å². The smallest absolute Gasteiger partial charge is 0.317 e. The Morgan fingerprint density at radius 3 is 0.892 bits per heavy atom. The first-order chi connectivity index (χ1) is 29.1. The number of ether oxygens (including phenoxy) is 2. The summed E-state index contributed by atoms with van der Waals surface area (Å²) in [4.78, 5) is 33.9. The zero-order valence-corrected chi connectivity index (χ0v) is 48.1. The summed E-state index contributed by atoms with van der Waals surface area (Å²) in [6, 6.07) is 0. The highest BCUT2D eigenvalue weighted by atomic mass is 32.1. The average molecular weight is 962 g/mol. The molecular weight excluding hydrogens is 877 g/mol. The van der Waals surface area contributed by atoms with Crippen molar-refractivity contribution in [3.8, 4) is 0 Å². The van der Waals surface area contributed by atoms with Gasteiger partial charge in [0.1, 0.15) is 19.6 Å². The summed E-state index contributed by atoms with van der Waals surface area (Å²) in [5, 5.41) is 4.66. The van der Waals surface area contributed by atoms with E-state index in [1.165, 1.54) is 64.0 Å². The van der Waals surface area contributed by atoms with Crippen LogP contribution in [-0.4, -0.2) is 11.9 Å². The molecular formula is C57H84O4S4. The first-order valence-electron chi connectivity index (χ1n) is 23.4. The molecule has 0 aliphatic heterocycles. The van der Waals surface area contributed by atoms with E-state index in [0.717, 1.165) is 9.75 Å². The zero-order chi connectivity index (χ0) is 49.8. The molecule has 0 spiro atoms. The number of carbonyl (C=O) groups excluding carboxylic acids is 2. The molecule has 4 rings (SSSR count). The molecule has 360 valence electrons. The second kappa shape index (κ2) is 19.0. The Hall–Kier alpha value is -2.78. The lowest BCUT2D eigenvalue weighted by molar-refractivity contribution is -0.155. The van der Waals surface area contributed by atoms with Crippen LogP contribution in [0.3, 0.4) is 0 Å². The van der Waals surface area contributed by atoms with Crippen LogP contribution in [0.2, 0.25) is 0 Å². The van der Waals surface area contributed by atoms with Gasteiger partial charge in [-0.2, -0.15) is 0 Å². The van der Waals surface area contributed by atoms with Crippen molar-refractivity contribution < 1.29 is 19.1 Å². The van der Waals surface area contributed by atoms with Gasteiger partial charge in [0, 0.05) is 29.3 Å². The number of hydrogen-bond donors (Lipinski definition) is 0. The van der Waals surface area contributed by atoms with Crippen LogP contribution in [0.1, 0.15) is 246 Å². The molecule has 0 atom stereocenters. The van der Waals surface area contributed by atoms with Crippen molar-refractivity contribution in [2.45, 2.75) is 229 Å². The van der Waals surface area contributed by atoms with Crippen LogP contribution in [-0.2, 0) is 75.6 Å². The Kier molecular flexibility index (Phi) is 16.0. The number of carbonyl (C=O) groups is 2. The Bertz CT molecular complexity index is 2230. The molecule has 0 saturated heterocycles. The molecule has 0 aliphatic carbocycles. The second-order valence-corrected chi connectivity index (χ2v) is 30.3. The summed E-state index contributed by atoms with van der Waals surface area (Å²) in [5.74, 6) is -1.16. The lowest BCUT2D eigenvalue weighted by atomic mass is 9.75. The Morgan fingerprint density at radius 2 is 0.646 bits per heavy atom. The van der Waals surface area contributed by atoms with Gasteiger partial charge in [-0.15, -0.1) is 45.3 Å². The van der Waals surface area contributed by atoms with E-state index in [4.69, 9.17) is 9.47 Å². The molecule has 0 aromatic carbocycles. The molecule has 0 amide bonds. The van der Waals surface area contributed by atoms with Crippen molar-refractivity contribution in [3.63, 3.8) is 0 Å². The van der Waals surface area contributed by atoms with Crippen LogP contribution in [0.15, 0.2) is 10.8 Å². The van der Waals surface area contributed by atoms with Gasteiger partial charge in [-0.3, -0.25) is 9.59 Å². The number of thiophene rings is 4. The van der Waals surface area contributed by atoms with Crippen molar-refractivity contribution in [1.82, 2.24) is 0 Å². The SMILES string of the molecule is CC(C)(C)c1csc(C=Cc2sc(COC(=O)CC(=O)OCc3sc(C=Cc4scc(C(C)(C)C)c4C(C)(C)C)c(C(C)(C)C)c3C(C)(C)C)c(C(C)(C)C)c2C(C)(C)C)c1C(C)(C)C. The van der Waals surface area contributed by atoms with Crippen molar-refractivity contribution in [3.05, 3.63) is 84.5 Å². The van der Waals surface area contributed by atoms with E-state index in [9.17, 15) is 9.59 Å². The summed E-state index contributed by atoms with van der Waals surface area (Å²) in [7, 11) is 0. The minimum Gasteiger partial charge on any atom is -0.460 e. The second-order valence-electron chi connectivity index (χ2n) is 26.2. The van der Waals surface area contributed by atoms with Gasteiger partial charge in [-0.1, -0.05) is 166 Å². The van der Waals surface area contributed by atoms with Gasteiger partial charge >= 0.3 is 11.9 Å². The van der Waals surface area contributed by atoms with Crippen molar-refractivity contribution in [2.75, 3.05) is 0 Å². The highest BCUT2D eigenvalue weighted by Gasteiger charge is 2.36. The van der Waals surface area contributed by atoms with Gasteiger partial charge in [-0.25, -0.2) is 0 Å². The molecule has 0 saturated carbocycles. The monoisotopic (exact) mass is 961 g/mol. The topological polar surface area (TPSA) is 52.6 Å². The summed E-state index contributed by atoms with van der Waals surface area (Å²) < 4.78 is 11.9. The van der Waals surface area contributed by atoms with Crippen LogP contribution in [0.25, 0.3) is 24.3 Å². The van der Waals surface area contributed by atoms with Gasteiger partial charge in [-0.05, 0) is 123 Å². The van der Waals surface area contributed by atoms with Crippen molar-refractivity contribution in [1.29, 1.82) is 0 Å². The maximum atomic E-state index is 13.5. The maximum Gasteiger partial charge on any atom is 0.317 e. The van der Waals surface area contributed by atoms with Crippen molar-refractivity contribution >= 4 is 81.6 Å². The molecule has 0 bridgehead atoms. The molecule has 0 N–H and O–H groups in total. The van der Waals surface area contributed by atoms with E-state index in [2.05, 4.69) is 201 Å². The highest BCUT2D eigenvalue weighted by Crippen LogP contribution is 2.48. The summed E-state index contributed by atoms with van der Waals surface area (Å²) in [6.45, 7) is 54.6. The molecule has 0 radical (unpaired) electrons. The molecule has 4 aromatic rings. The van der Waals surface area contributed by atoms with E-state index in [1.807, 2.05) is 22.7 Å². The van der Waals surface area contributed by atoms with E-state index >= 15 is 0 Å². The normalized spacial score (nSPS) is 14.0. The average Bonchev–Trinajstić information content (AvgIpc) is 3.88. The third-order valence-corrected chi connectivity index (χ3v) is 15.7. The molecule has 0 unspecified atom stereocenters. The summed E-state index contributed by atoms with van der Waals surface area (Å²) in [5.41, 5.74) is 9.91. The maximum absolute atomic E-state index is 13.5. The first kappa shape index (κ1) is 54.8. The number of rotatable bonds is 10. The predicted molar refractivity (Wildman–Crippen MR) is 289 cm³/mol.